The van der Waals surface area contributed by atoms with E-state index < -0.39 is 0 Å². The molecule has 1 aliphatic rings. The van der Waals surface area contributed by atoms with Crippen LogP contribution in [0.25, 0.3) is 0 Å². The molecule has 1 aliphatic heterocycles. The molecule has 0 spiro atoms. The Morgan fingerprint density at radius 2 is 2.07 bits per heavy atom. The standard InChI is InChI=1S/C20H32N6S.HI/c1-16(2)15-26-11-8-22-19(26)14-24-20(21-3)23-13-17(18-7-6-12-27-18)25-9-4-5-10-25;/h6-8,11-12,16-17H,4-5,9-10,13-15H2,1-3H3,(H2,21,23,24);1H. The summed E-state index contributed by atoms with van der Waals surface area (Å²) in [6.07, 6.45) is 6.52. The number of hydrogen-bond donors (Lipinski definition) is 2. The van der Waals surface area contributed by atoms with E-state index in [0.29, 0.717) is 18.5 Å². The third kappa shape index (κ3) is 6.45. The van der Waals surface area contributed by atoms with Crippen LogP contribution in [-0.2, 0) is 13.1 Å². The van der Waals surface area contributed by atoms with Crippen molar-refractivity contribution in [3.63, 3.8) is 0 Å². The lowest BCUT2D eigenvalue weighted by Gasteiger charge is -2.27. The average Bonchev–Trinajstić information content (AvgIpc) is 3.40. The molecule has 1 atom stereocenters. The van der Waals surface area contributed by atoms with Crippen LogP contribution >= 0.6 is 35.3 Å². The largest absolute Gasteiger partial charge is 0.354 e. The Morgan fingerprint density at radius 1 is 1.29 bits per heavy atom. The highest BCUT2D eigenvalue weighted by Crippen LogP contribution is 2.27. The summed E-state index contributed by atoms with van der Waals surface area (Å²) in [7, 11) is 1.83. The zero-order valence-corrected chi connectivity index (χ0v) is 20.2. The van der Waals surface area contributed by atoms with E-state index in [0.717, 1.165) is 24.9 Å². The van der Waals surface area contributed by atoms with Gasteiger partial charge in [0.1, 0.15) is 5.82 Å². The van der Waals surface area contributed by atoms with E-state index >= 15 is 0 Å². The normalized spacial score (nSPS) is 16.2. The van der Waals surface area contributed by atoms with Gasteiger partial charge in [0, 0.05) is 37.4 Å². The van der Waals surface area contributed by atoms with Crippen molar-refractivity contribution in [2.75, 3.05) is 26.7 Å². The molecule has 0 saturated carbocycles. The fourth-order valence-corrected chi connectivity index (χ4v) is 4.45. The van der Waals surface area contributed by atoms with Crippen LogP contribution < -0.4 is 10.6 Å². The van der Waals surface area contributed by atoms with E-state index in [1.807, 2.05) is 30.8 Å². The molecule has 6 nitrogen and oxygen atoms in total. The van der Waals surface area contributed by atoms with Gasteiger partial charge in [-0.05, 0) is 43.3 Å². The van der Waals surface area contributed by atoms with Gasteiger partial charge >= 0.3 is 0 Å². The molecule has 2 N–H and O–H groups in total. The molecule has 1 fully saturated rings. The van der Waals surface area contributed by atoms with E-state index in [4.69, 9.17) is 0 Å². The number of halogens is 1. The second kappa shape index (κ2) is 11.8. The number of imidazole rings is 1. The number of thiophene rings is 1. The predicted molar refractivity (Wildman–Crippen MR) is 129 cm³/mol. The molecule has 2 aromatic heterocycles. The van der Waals surface area contributed by atoms with Crippen molar-refractivity contribution in [3.05, 3.63) is 40.6 Å². The summed E-state index contributed by atoms with van der Waals surface area (Å²) in [6.45, 7) is 9.33. The lowest BCUT2D eigenvalue weighted by atomic mass is 10.2. The predicted octanol–water partition coefficient (Wildman–Crippen LogP) is 3.72. The third-order valence-electron chi connectivity index (χ3n) is 4.92. The Balaban J connectivity index is 0.00000280. The molecule has 0 radical (unpaired) electrons. The van der Waals surface area contributed by atoms with E-state index in [1.165, 1.54) is 30.8 Å². The van der Waals surface area contributed by atoms with Crippen molar-refractivity contribution in [1.82, 2.24) is 25.1 Å². The Morgan fingerprint density at radius 3 is 2.71 bits per heavy atom. The van der Waals surface area contributed by atoms with E-state index in [1.54, 1.807) is 0 Å². The second-order valence-corrected chi connectivity index (χ2v) is 8.45. The van der Waals surface area contributed by atoms with Crippen LogP contribution in [0.1, 0.15) is 43.4 Å². The van der Waals surface area contributed by atoms with Crippen LogP contribution in [0.15, 0.2) is 34.9 Å². The molecule has 1 saturated heterocycles. The van der Waals surface area contributed by atoms with Gasteiger partial charge in [0.25, 0.3) is 0 Å². The molecular weight excluding hydrogens is 483 g/mol. The van der Waals surface area contributed by atoms with Gasteiger partial charge in [0.15, 0.2) is 5.96 Å². The SMILES string of the molecule is CN=C(NCc1nccn1CC(C)C)NCC(c1cccs1)N1CCCC1.I. The number of nitrogens with zero attached hydrogens (tertiary/aromatic N) is 4. The van der Waals surface area contributed by atoms with Gasteiger partial charge in [-0.3, -0.25) is 9.89 Å². The maximum absolute atomic E-state index is 4.49. The number of nitrogens with one attached hydrogen (secondary N) is 2. The molecule has 28 heavy (non-hydrogen) atoms. The summed E-state index contributed by atoms with van der Waals surface area (Å²) < 4.78 is 2.21. The first-order valence-corrected chi connectivity index (χ1v) is 10.8. The molecule has 0 aliphatic carbocycles. The first kappa shape index (κ1) is 23.2. The second-order valence-electron chi connectivity index (χ2n) is 7.47. The smallest absolute Gasteiger partial charge is 0.191 e. The fourth-order valence-electron chi connectivity index (χ4n) is 3.59. The minimum atomic E-state index is 0. The minimum absolute atomic E-state index is 0. The highest BCUT2D eigenvalue weighted by Gasteiger charge is 2.24. The molecule has 3 heterocycles. The molecule has 3 rings (SSSR count). The van der Waals surface area contributed by atoms with Crippen LogP contribution in [0.4, 0.5) is 0 Å². The van der Waals surface area contributed by atoms with Crippen LogP contribution in [0.5, 0.6) is 0 Å². The molecule has 2 aromatic rings. The summed E-state index contributed by atoms with van der Waals surface area (Å²) in [5.74, 6) is 2.47. The Hall–Kier alpha value is -1.13. The van der Waals surface area contributed by atoms with Gasteiger partial charge in [-0.25, -0.2) is 4.98 Å². The molecule has 0 amide bonds. The molecular formula is C20H33IN6S. The first-order chi connectivity index (χ1) is 13.2. The number of likely N-dealkylation sites (tertiary alicyclic amines) is 1. The van der Waals surface area contributed by atoms with Crippen molar-refractivity contribution in [2.45, 2.75) is 45.8 Å². The van der Waals surface area contributed by atoms with Gasteiger partial charge in [-0.15, -0.1) is 35.3 Å². The van der Waals surface area contributed by atoms with Gasteiger partial charge < -0.3 is 15.2 Å². The Labute approximate surface area is 189 Å². The number of guanidine groups is 1. The van der Waals surface area contributed by atoms with Crippen LogP contribution in [0, 0.1) is 5.92 Å². The van der Waals surface area contributed by atoms with E-state index in [-0.39, 0.29) is 24.0 Å². The molecule has 0 bridgehead atoms. The lowest BCUT2D eigenvalue weighted by molar-refractivity contribution is 0.249. The van der Waals surface area contributed by atoms with Gasteiger partial charge in [-0.1, -0.05) is 19.9 Å². The highest BCUT2D eigenvalue weighted by molar-refractivity contribution is 14.0. The Bertz CT molecular complexity index is 706. The zero-order chi connectivity index (χ0) is 19.1. The van der Waals surface area contributed by atoms with Crippen molar-refractivity contribution < 1.29 is 0 Å². The fraction of sp³-hybridized carbons (Fsp3) is 0.600. The summed E-state index contributed by atoms with van der Waals surface area (Å²) in [5, 5.41) is 9.11. The maximum atomic E-state index is 4.49. The first-order valence-electron chi connectivity index (χ1n) is 9.89. The Kier molecular flexibility index (Phi) is 9.73. The number of aliphatic imine (C=N–C) groups is 1. The summed E-state index contributed by atoms with van der Waals surface area (Å²) >= 11 is 1.84. The van der Waals surface area contributed by atoms with Crippen LogP contribution in [0.2, 0.25) is 0 Å². The molecule has 156 valence electrons. The molecule has 1 unspecified atom stereocenters. The monoisotopic (exact) mass is 516 g/mol. The van der Waals surface area contributed by atoms with Crippen molar-refractivity contribution in [1.29, 1.82) is 0 Å². The average molecular weight is 516 g/mol. The van der Waals surface area contributed by atoms with Crippen LogP contribution in [-0.4, -0.2) is 47.1 Å². The van der Waals surface area contributed by atoms with Gasteiger partial charge in [0.2, 0.25) is 0 Å². The summed E-state index contributed by atoms with van der Waals surface area (Å²) in [4.78, 5) is 12.9. The maximum Gasteiger partial charge on any atom is 0.191 e. The van der Waals surface area contributed by atoms with E-state index in [9.17, 15) is 0 Å². The summed E-state index contributed by atoms with van der Waals surface area (Å²) in [6, 6.07) is 4.80. The number of hydrogen-bond acceptors (Lipinski definition) is 4. The molecule has 0 aromatic carbocycles. The summed E-state index contributed by atoms with van der Waals surface area (Å²) in [5.41, 5.74) is 0. The van der Waals surface area contributed by atoms with Gasteiger partial charge in [-0.2, -0.15) is 0 Å². The molecule has 8 heteroatoms. The van der Waals surface area contributed by atoms with E-state index in [2.05, 4.69) is 61.4 Å². The topological polar surface area (TPSA) is 57.5 Å². The quantitative estimate of drug-likeness (QED) is 0.319. The zero-order valence-electron chi connectivity index (χ0n) is 17.1. The lowest BCUT2D eigenvalue weighted by Crippen LogP contribution is -2.42. The van der Waals surface area contributed by atoms with Crippen molar-refractivity contribution in [2.24, 2.45) is 10.9 Å². The number of aromatic nitrogens is 2. The minimum Gasteiger partial charge on any atom is -0.354 e. The van der Waals surface area contributed by atoms with Crippen molar-refractivity contribution >= 4 is 41.3 Å². The number of rotatable bonds is 8. The van der Waals surface area contributed by atoms with Crippen LogP contribution in [0.3, 0.4) is 0 Å². The van der Waals surface area contributed by atoms with Crippen molar-refractivity contribution in [3.8, 4) is 0 Å². The third-order valence-corrected chi connectivity index (χ3v) is 5.89. The highest BCUT2D eigenvalue weighted by atomic mass is 127. The van der Waals surface area contributed by atoms with Gasteiger partial charge in [0.05, 0.1) is 12.6 Å².